The molecule has 1 aliphatic heterocycles. The molecule has 0 radical (unpaired) electrons. The van der Waals surface area contributed by atoms with Gasteiger partial charge in [0.1, 0.15) is 0 Å². The number of nitrogens with zero attached hydrogens (tertiary/aromatic N) is 2. The minimum absolute atomic E-state index is 0.133. The van der Waals surface area contributed by atoms with Crippen molar-refractivity contribution >= 4 is 37.8 Å². The van der Waals surface area contributed by atoms with Crippen molar-refractivity contribution in [2.24, 2.45) is 0 Å². The van der Waals surface area contributed by atoms with Crippen LogP contribution in [-0.4, -0.2) is 53.8 Å². The lowest BCUT2D eigenvalue weighted by molar-refractivity contribution is 0.0644. The zero-order valence-electron chi connectivity index (χ0n) is 11.0. The normalized spacial score (nSPS) is 16.7. The highest BCUT2D eigenvalue weighted by atomic mass is 79.9. The third-order valence-corrected chi connectivity index (χ3v) is 4.46. The van der Waals surface area contributed by atoms with E-state index in [9.17, 15) is 4.79 Å². The van der Waals surface area contributed by atoms with E-state index in [1.165, 1.54) is 0 Å². The topological polar surface area (TPSA) is 23.6 Å². The molecule has 0 spiro atoms. The first-order valence-corrected chi connectivity index (χ1v) is 8.37. The number of benzene rings is 1. The van der Waals surface area contributed by atoms with Gasteiger partial charge in [-0.15, -0.1) is 0 Å². The maximum atomic E-state index is 12.5. The Morgan fingerprint density at radius 3 is 2.58 bits per heavy atom. The second-order valence-electron chi connectivity index (χ2n) is 4.81. The number of rotatable bonds is 3. The van der Waals surface area contributed by atoms with Gasteiger partial charge in [0.25, 0.3) is 5.91 Å². The Kier molecular flexibility index (Phi) is 5.42. The molecular weight excluding hydrogens is 372 g/mol. The summed E-state index contributed by atoms with van der Waals surface area (Å²) in [5, 5.41) is 0.990. The van der Waals surface area contributed by atoms with Gasteiger partial charge in [-0.1, -0.05) is 27.6 Å². The Morgan fingerprint density at radius 1 is 1.26 bits per heavy atom. The molecule has 1 fully saturated rings. The molecular formula is C14H18Br2N2O. The van der Waals surface area contributed by atoms with Gasteiger partial charge in [0.05, 0.1) is 5.56 Å². The van der Waals surface area contributed by atoms with Gasteiger partial charge in [-0.2, -0.15) is 0 Å². The zero-order chi connectivity index (χ0) is 13.8. The van der Waals surface area contributed by atoms with Crippen LogP contribution >= 0.6 is 31.9 Å². The minimum atomic E-state index is 0.133. The Labute approximate surface area is 131 Å². The molecule has 0 N–H and O–H groups in total. The summed E-state index contributed by atoms with van der Waals surface area (Å²) in [5.41, 5.74) is 1.89. The number of halogens is 2. The second-order valence-corrected chi connectivity index (χ2v) is 6.45. The molecule has 104 valence electrons. The number of carbonyl (C=O) groups is 1. The van der Waals surface area contributed by atoms with Crippen LogP contribution in [0.5, 0.6) is 0 Å². The fraction of sp³-hybridized carbons (Fsp3) is 0.500. The molecule has 19 heavy (non-hydrogen) atoms. The summed E-state index contributed by atoms with van der Waals surface area (Å²) in [6.45, 7) is 6.60. The molecule has 0 bridgehead atoms. The Bertz CT molecular complexity index is 457. The Morgan fingerprint density at radius 2 is 1.95 bits per heavy atom. The van der Waals surface area contributed by atoms with Crippen LogP contribution in [0.1, 0.15) is 15.9 Å². The van der Waals surface area contributed by atoms with Gasteiger partial charge < -0.3 is 4.90 Å². The number of amides is 1. The number of carbonyl (C=O) groups excluding carboxylic acids is 1. The highest BCUT2D eigenvalue weighted by Gasteiger charge is 2.23. The lowest BCUT2D eigenvalue weighted by atomic mass is 10.1. The van der Waals surface area contributed by atoms with Gasteiger partial charge in [-0.25, -0.2) is 0 Å². The predicted octanol–water partition coefficient (Wildman–Crippen LogP) is 2.91. The lowest BCUT2D eigenvalue weighted by Gasteiger charge is -2.34. The second kappa shape index (κ2) is 6.86. The van der Waals surface area contributed by atoms with E-state index in [0.29, 0.717) is 0 Å². The molecule has 0 atom stereocenters. The monoisotopic (exact) mass is 388 g/mol. The summed E-state index contributed by atoms with van der Waals surface area (Å²) in [6.07, 6.45) is 0. The molecule has 1 amide bonds. The number of piperazine rings is 1. The summed E-state index contributed by atoms with van der Waals surface area (Å²) < 4.78 is 0.881. The highest BCUT2D eigenvalue weighted by molar-refractivity contribution is 9.10. The number of alkyl halides is 1. The van der Waals surface area contributed by atoms with Crippen LogP contribution in [0.25, 0.3) is 0 Å². The first kappa shape index (κ1) is 15.0. The molecule has 0 unspecified atom stereocenters. The van der Waals surface area contributed by atoms with Crippen LogP contribution in [0.4, 0.5) is 0 Å². The Balaban J connectivity index is 2.03. The molecule has 0 saturated carbocycles. The molecule has 0 aromatic heterocycles. The minimum Gasteiger partial charge on any atom is -0.336 e. The van der Waals surface area contributed by atoms with Crippen LogP contribution in [0.15, 0.2) is 22.7 Å². The SMILES string of the molecule is Cc1ccc(Br)c(C(=O)N2CCN(CCBr)CC2)c1. The number of hydrogen-bond donors (Lipinski definition) is 0. The highest BCUT2D eigenvalue weighted by Crippen LogP contribution is 2.20. The van der Waals surface area contributed by atoms with Crippen LogP contribution in [0.3, 0.4) is 0 Å². The van der Waals surface area contributed by atoms with Gasteiger partial charge in [0.2, 0.25) is 0 Å². The lowest BCUT2D eigenvalue weighted by Crippen LogP contribution is -2.49. The summed E-state index contributed by atoms with van der Waals surface area (Å²) in [6, 6.07) is 5.91. The molecule has 0 aliphatic carbocycles. The van der Waals surface area contributed by atoms with Crippen LogP contribution in [-0.2, 0) is 0 Å². The van der Waals surface area contributed by atoms with Crippen molar-refractivity contribution < 1.29 is 4.79 Å². The van der Waals surface area contributed by atoms with Crippen molar-refractivity contribution in [2.75, 3.05) is 38.1 Å². The first-order valence-electron chi connectivity index (χ1n) is 6.45. The third-order valence-electron chi connectivity index (χ3n) is 3.41. The molecule has 1 heterocycles. The number of hydrogen-bond acceptors (Lipinski definition) is 2. The van der Waals surface area contributed by atoms with Gasteiger partial charge in [-0.05, 0) is 35.0 Å². The molecule has 1 aliphatic rings. The van der Waals surface area contributed by atoms with E-state index in [-0.39, 0.29) is 5.91 Å². The predicted molar refractivity (Wildman–Crippen MR) is 85.0 cm³/mol. The maximum Gasteiger partial charge on any atom is 0.255 e. The molecule has 1 aromatic rings. The van der Waals surface area contributed by atoms with E-state index in [1.807, 2.05) is 30.0 Å². The van der Waals surface area contributed by atoms with Crippen LogP contribution < -0.4 is 0 Å². The van der Waals surface area contributed by atoms with Crippen molar-refractivity contribution in [1.82, 2.24) is 9.80 Å². The fourth-order valence-electron chi connectivity index (χ4n) is 2.27. The fourth-order valence-corrected chi connectivity index (χ4v) is 3.19. The standard InChI is InChI=1S/C14H18Br2N2O/c1-11-2-3-13(16)12(10-11)14(19)18-8-6-17(5-4-15)7-9-18/h2-3,10H,4-9H2,1H3. The first-order chi connectivity index (χ1) is 9.11. The summed E-state index contributed by atoms with van der Waals surface area (Å²) in [5.74, 6) is 0.133. The van der Waals surface area contributed by atoms with Crippen molar-refractivity contribution in [3.63, 3.8) is 0 Å². The molecule has 2 rings (SSSR count). The Hall–Kier alpha value is -0.390. The van der Waals surface area contributed by atoms with Gasteiger partial charge in [0.15, 0.2) is 0 Å². The van der Waals surface area contributed by atoms with Crippen molar-refractivity contribution in [2.45, 2.75) is 6.92 Å². The van der Waals surface area contributed by atoms with E-state index >= 15 is 0 Å². The van der Waals surface area contributed by atoms with Crippen LogP contribution in [0, 0.1) is 6.92 Å². The molecule has 1 aromatic carbocycles. The zero-order valence-corrected chi connectivity index (χ0v) is 14.2. The van der Waals surface area contributed by atoms with Gasteiger partial charge in [0, 0.05) is 42.5 Å². The third kappa shape index (κ3) is 3.80. The molecule has 1 saturated heterocycles. The van der Waals surface area contributed by atoms with Crippen molar-refractivity contribution in [1.29, 1.82) is 0 Å². The average molecular weight is 390 g/mol. The molecule has 3 nitrogen and oxygen atoms in total. The van der Waals surface area contributed by atoms with Gasteiger partial charge in [-0.3, -0.25) is 9.69 Å². The summed E-state index contributed by atoms with van der Waals surface area (Å²) in [7, 11) is 0. The average Bonchev–Trinajstić information content (AvgIpc) is 2.42. The summed E-state index contributed by atoms with van der Waals surface area (Å²) in [4.78, 5) is 16.8. The van der Waals surface area contributed by atoms with E-state index in [1.54, 1.807) is 0 Å². The van der Waals surface area contributed by atoms with Crippen LogP contribution in [0.2, 0.25) is 0 Å². The summed E-state index contributed by atoms with van der Waals surface area (Å²) >= 11 is 6.93. The van der Waals surface area contributed by atoms with Crippen molar-refractivity contribution in [3.05, 3.63) is 33.8 Å². The van der Waals surface area contributed by atoms with Crippen molar-refractivity contribution in [3.8, 4) is 0 Å². The van der Waals surface area contributed by atoms with E-state index < -0.39 is 0 Å². The van der Waals surface area contributed by atoms with Gasteiger partial charge >= 0.3 is 0 Å². The largest absolute Gasteiger partial charge is 0.336 e. The smallest absolute Gasteiger partial charge is 0.255 e. The van der Waals surface area contributed by atoms with E-state index in [4.69, 9.17) is 0 Å². The van der Waals surface area contributed by atoms with E-state index in [0.717, 1.165) is 53.7 Å². The van der Waals surface area contributed by atoms with E-state index in [2.05, 4.69) is 36.8 Å². The number of aryl methyl sites for hydroxylation is 1. The maximum absolute atomic E-state index is 12.5. The quantitative estimate of drug-likeness (QED) is 0.742. The molecule has 5 heteroatoms.